The Bertz CT molecular complexity index is 785. The van der Waals surface area contributed by atoms with E-state index >= 15 is 0 Å². The van der Waals surface area contributed by atoms with Gasteiger partial charge in [0.05, 0.1) is 6.42 Å². The number of hydrogen-bond acceptors (Lipinski definition) is 4. The van der Waals surface area contributed by atoms with Crippen LogP contribution < -0.4 is 10.6 Å². The summed E-state index contributed by atoms with van der Waals surface area (Å²) in [6.07, 6.45) is 6.69. The molecule has 138 valence electrons. The molecule has 1 aliphatic heterocycles. The van der Waals surface area contributed by atoms with Gasteiger partial charge in [0.15, 0.2) is 0 Å². The highest BCUT2D eigenvalue weighted by Gasteiger charge is 2.11. The molecule has 2 aromatic rings. The van der Waals surface area contributed by atoms with E-state index in [1.54, 1.807) is 0 Å². The van der Waals surface area contributed by atoms with E-state index in [-0.39, 0.29) is 18.9 Å². The van der Waals surface area contributed by atoms with Gasteiger partial charge >= 0.3 is 5.97 Å². The number of carboxylic acids is 1. The number of amides is 1. The van der Waals surface area contributed by atoms with Crippen LogP contribution in [-0.2, 0) is 24.1 Å². The molecule has 1 amide bonds. The second-order valence-corrected chi connectivity index (χ2v) is 6.52. The molecule has 0 saturated carbocycles. The number of fused-ring (bicyclic) bond motifs is 1. The van der Waals surface area contributed by atoms with Crippen molar-refractivity contribution in [3.8, 4) is 0 Å². The first-order valence-corrected chi connectivity index (χ1v) is 9.02. The van der Waals surface area contributed by atoms with E-state index < -0.39 is 5.97 Å². The highest BCUT2D eigenvalue weighted by molar-refractivity contribution is 5.92. The molecule has 26 heavy (non-hydrogen) atoms. The molecule has 7 nitrogen and oxygen atoms in total. The van der Waals surface area contributed by atoms with Gasteiger partial charge in [0.2, 0.25) is 0 Å². The lowest BCUT2D eigenvalue weighted by atomic mass is 10.0. The van der Waals surface area contributed by atoms with Crippen LogP contribution in [0.1, 0.15) is 46.6 Å². The molecule has 0 aromatic carbocycles. The fraction of sp³-hybridized carbons (Fsp3) is 0.421. The number of aromatic amines is 1. The summed E-state index contributed by atoms with van der Waals surface area (Å²) in [5.74, 6) is -0.181. The Kier molecular flexibility index (Phi) is 5.88. The molecule has 1 aliphatic rings. The number of aryl methyl sites for hydroxylation is 3. The van der Waals surface area contributed by atoms with Crippen LogP contribution in [0.5, 0.6) is 0 Å². The monoisotopic (exact) mass is 356 g/mol. The average molecular weight is 356 g/mol. The number of carboxylic acid groups (broad SMARTS) is 1. The zero-order valence-corrected chi connectivity index (χ0v) is 14.7. The Morgan fingerprint density at radius 1 is 1.27 bits per heavy atom. The van der Waals surface area contributed by atoms with Crippen LogP contribution in [0.15, 0.2) is 24.4 Å². The minimum absolute atomic E-state index is 0.0814. The van der Waals surface area contributed by atoms with Crippen LogP contribution in [0.4, 0.5) is 5.82 Å². The first kappa shape index (κ1) is 18.0. The zero-order chi connectivity index (χ0) is 18.4. The van der Waals surface area contributed by atoms with Gasteiger partial charge in [-0.2, -0.15) is 0 Å². The summed E-state index contributed by atoms with van der Waals surface area (Å²) < 4.78 is 0. The lowest BCUT2D eigenvalue weighted by Crippen LogP contribution is -2.26. The van der Waals surface area contributed by atoms with Crippen molar-refractivity contribution in [2.45, 2.75) is 38.5 Å². The topological polar surface area (TPSA) is 107 Å². The third kappa shape index (κ3) is 4.84. The van der Waals surface area contributed by atoms with Gasteiger partial charge in [0, 0.05) is 25.0 Å². The Labute approximate surface area is 152 Å². The minimum atomic E-state index is -0.927. The van der Waals surface area contributed by atoms with E-state index in [1.807, 2.05) is 12.3 Å². The number of H-pyrrole nitrogens is 1. The van der Waals surface area contributed by atoms with Gasteiger partial charge in [-0.25, -0.2) is 4.98 Å². The highest BCUT2D eigenvalue weighted by Crippen LogP contribution is 2.20. The predicted octanol–water partition coefficient (Wildman–Crippen LogP) is 2.15. The SMILES string of the molecule is O=C(O)CCNC(=O)c1cc(CCCc2ccc3c(n2)NCCC3)c[nH]1. The number of aliphatic carboxylic acids is 1. The lowest BCUT2D eigenvalue weighted by Gasteiger charge is -2.17. The van der Waals surface area contributed by atoms with Gasteiger partial charge in [-0.1, -0.05) is 6.07 Å². The standard InChI is InChI=1S/C19H24N4O3/c24-17(25)8-10-21-19(26)16-11-13(12-22-16)3-1-5-15-7-6-14-4-2-9-20-18(14)23-15/h6-7,11-12,22H,1-5,8-10H2,(H,20,23)(H,21,26)(H,24,25). The Morgan fingerprint density at radius 3 is 3.00 bits per heavy atom. The molecule has 0 atom stereocenters. The molecule has 0 fully saturated rings. The molecule has 0 aliphatic carbocycles. The summed E-state index contributed by atoms with van der Waals surface area (Å²) in [5.41, 5.74) is 3.90. The molecule has 3 rings (SSSR count). The van der Waals surface area contributed by atoms with Crippen LogP contribution in [0.25, 0.3) is 0 Å². The van der Waals surface area contributed by atoms with Crippen molar-refractivity contribution in [2.75, 3.05) is 18.4 Å². The number of hydrogen-bond donors (Lipinski definition) is 4. The van der Waals surface area contributed by atoms with Crippen molar-refractivity contribution < 1.29 is 14.7 Å². The third-order valence-electron chi connectivity index (χ3n) is 4.46. The quantitative estimate of drug-likeness (QED) is 0.580. The van der Waals surface area contributed by atoms with Crippen LogP contribution >= 0.6 is 0 Å². The van der Waals surface area contributed by atoms with Crippen molar-refractivity contribution >= 4 is 17.7 Å². The van der Waals surface area contributed by atoms with Gasteiger partial charge in [-0.05, 0) is 55.4 Å². The molecule has 0 spiro atoms. The van der Waals surface area contributed by atoms with E-state index in [0.717, 1.165) is 55.7 Å². The van der Waals surface area contributed by atoms with E-state index in [4.69, 9.17) is 10.1 Å². The number of anilines is 1. The summed E-state index contributed by atoms with van der Waals surface area (Å²) in [6.45, 7) is 1.12. The van der Waals surface area contributed by atoms with Crippen molar-refractivity contribution in [1.29, 1.82) is 0 Å². The van der Waals surface area contributed by atoms with Crippen LogP contribution in [0, 0.1) is 0 Å². The smallest absolute Gasteiger partial charge is 0.305 e. The van der Waals surface area contributed by atoms with Gasteiger partial charge in [0.1, 0.15) is 11.5 Å². The number of nitrogens with one attached hydrogen (secondary N) is 3. The van der Waals surface area contributed by atoms with Crippen molar-refractivity contribution in [3.05, 3.63) is 46.9 Å². The molecular weight excluding hydrogens is 332 g/mol. The number of aromatic nitrogens is 2. The largest absolute Gasteiger partial charge is 0.481 e. The summed E-state index contributed by atoms with van der Waals surface area (Å²) in [4.78, 5) is 30.0. The maximum Gasteiger partial charge on any atom is 0.305 e. The summed E-state index contributed by atoms with van der Waals surface area (Å²) in [6, 6.07) is 6.09. The lowest BCUT2D eigenvalue weighted by molar-refractivity contribution is -0.136. The van der Waals surface area contributed by atoms with Gasteiger partial charge in [-0.3, -0.25) is 9.59 Å². The first-order chi connectivity index (χ1) is 12.6. The third-order valence-corrected chi connectivity index (χ3v) is 4.46. The minimum Gasteiger partial charge on any atom is -0.481 e. The van der Waals surface area contributed by atoms with Crippen molar-refractivity contribution in [1.82, 2.24) is 15.3 Å². The fourth-order valence-corrected chi connectivity index (χ4v) is 3.07. The predicted molar refractivity (Wildman–Crippen MR) is 98.5 cm³/mol. The molecule has 7 heteroatoms. The molecule has 2 aromatic heterocycles. The normalized spacial score (nSPS) is 12.9. The number of rotatable bonds is 8. The molecule has 3 heterocycles. The van der Waals surface area contributed by atoms with Crippen LogP contribution in [0.3, 0.4) is 0 Å². The molecular formula is C19H24N4O3. The van der Waals surface area contributed by atoms with E-state index in [1.165, 1.54) is 5.56 Å². The second-order valence-electron chi connectivity index (χ2n) is 6.52. The maximum absolute atomic E-state index is 11.9. The second kappa shape index (κ2) is 8.51. The number of nitrogens with zero attached hydrogens (tertiary/aromatic N) is 1. The van der Waals surface area contributed by atoms with Crippen molar-refractivity contribution in [3.63, 3.8) is 0 Å². The summed E-state index contributed by atoms with van der Waals surface area (Å²) in [5, 5.41) is 14.5. The van der Waals surface area contributed by atoms with E-state index in [2.05, 4.69) is 27.8 Å². The number of carbonyl (C=O) groups excluding carboxylic acids is 1. The zero-order valence-electron chi connectivity index (χ0n) is 14.7. The Hall–Kier alpha value is -2.83. The van der Waals surface area contributed by atoms with Gasteiger partial charge in [-0.15, -0.1) is 0 Å². The number of carbonyl (C=O) groups is 2. The molecule has 0 saturated heterocycles. The van der Waals surface area contributed by atoms with E-state index in [0.29, 0.717) is 5.69 Å². The van der Waals surface area contributed by atoms with Crippen LogP contribution in [-0.4, -0.2) is 40.0 Å². The van der Waals surface area contributed by atoms with Gasteiger partial charge in [0.25, 0.3) is 5.91 Å². The molecule has 0 radical (unpaired) electrons. The molecule has 0 bridgehead atoms. The summed E-state index contributed by atoms with van der Waals surface area (Å²) >= 11 is 0. The first-order valence-electron chi connectivity index (χ1n) is 9.02. The van der Waals surface area contributed by atoms with E-state index in [9.17, 15) is 9.59 Å². The fourth-order valence-electron chi connectivity index (χ4n) is 3.07. The molecule has 4 N–H and O–H groups in total. The Balaban J connectivity index is 1.46. The average Bonchev–Trinajstić information content (AvgIpc) is 3.10. The molecule has 0 unspecified atom stereocenters. The highest BCUT2D eigenvalue weighted by atomic mass is 16.4. The number of pyridine rings is 1. The maximum atomic E-state index is 11.9. The van der Waals surface area contributed by atoms with Gasteiger partial charge < -0.3 is 20.7 Å². The Morgan fingerprint density at radius 2 is 2.15 bits per heavy atom. The summed E-state index contributed by atoms with van der Waals surface area (Å²) in [7, 11) is 0. The van der Waals surface area contributed by atoms with Crippen LogP contribution in [0.2, 0.25) is 0 Å². The van der Waals surface area contributed by atoms with Crippen molar-refractivity contribution in [2.24, 2.45) is 0 Å².